The fourth-order valence-corrected chi connectivity index (χ4v) is 2.26. The van der Waals surface area contributed by atoms with Crippen LogP contribution in [0.4, 0.5) is 0 Å². The van der Waals surface area contributed by atoms with E-state index in [0.29, 0.717) is 0 Å². The van der Waals surface area contributed by atoms with Crippen LogP contribution in [0, 0.1) is 6.92 Å². The predicted octanol–water partition coefficient (Wildman–Crippen LogP) is 1.34. The molecule has 0 N–H and O–H groups in total. The third-order valence-electron chi connectivity index (χ3n) is 2.36. The summed E-state index contributed by atoms with van der Waals surface area (Å²) < 4.78 is 0. The molecule has 1 aromatic heterocycles. The summed E-state index contributed by atoms with van der Waals surface area (Å²) in [5.41, 5.74) is 3.37. The van der Waals surface area contributed by atoms with Crippen molar-refractivity contribution >= 4 is 17.5 Å². The van der Waals surface area contributed by atoms with E-state index in [9.17, 15) is 0 Å². The molecule has 2 aromatic rings. The van der Waals surface area contributed by atoms with Crippen LogP contribution in [0.1, 0.15) is 11.1 Å². The molecule has 0 saturated carbocycles. The lowest BCUT2D eigenvalue weighted by atomic mass is 10.1. The Hall–Kier alpha value is -1.69. The number of thioether (sulfide) groups is 1. The fourth-order valence-electron chi connectivity index (χ4n) is 1.49. The van der Waals surface area contributed by atoms with Crippen LogP contribution in [-0.4, -0.2) is 31.8 Å². The molecule has 0 spiro atoms. The second-order valence-corrected chi connectivity index (χ2v) is 4.49. The zero-order chi connectivity index (χ0) is 11.0. The topological polar surface area (TPSA) is 56.0 Å². The Balaban J connectivity index is 2.00. The van der Waals surface area contributed by atoms with Crippen molar-refractivity contribution in [2.24, 2.45) is 5.10 Å². The SMILES string of the molecule is Cc1ccc(C2=Nn3nnnc3SC2)cc1. The molecule has 16 heavy (non-hydrogen) atoms. The number of hydrogen-bond acceptors (Lipinski definition) is 5. The molecule has 2 heterocycles. The third kappa shape index (κ3) is 1.61. The maximum absolute atomic E-state index is 4.38. The van der Waals surface area contributed by atoms with E-state index < -0.39 is 0 Å². The van der Waals surface area contributed by atoms with Gasteiger partial charge in [0.05, 0.1) is 5.71 Å². The van der Waals surface area contributed by atoms with Crippen LogP contribution in [0.15, 0.2) is 34.5 Å². The lowest BCUT2D eigenvalue weighted by Crippen LogP contribution is -2.13. The van der Waals surface area contributed by atoms with Crippen molar-refractivity contribution < 1.29 is 0 Å². The minimum Gasteiger partial charge on any atom is -0.150 e. The van der Waals surface area contributed by atoms with E-state index >= 15 is 0 Å². The van der Waals surface area contributed by atoms with Crippen LogP contribution in [-0.2, 0) is 0 Å². The maximum Gasteiger partial charge on any atom is 0.233 e. The van der Waals surface area contributed by atoms with Crippen LogP contribution in [0.3, 0.4) is 0 Å². The highest BCUT2D eigenvalue weighted by molar-refractivity contribution is 7.99. The van der Waals surface area contributed by atoms with E-state index in [4.69, 9.17) is 0 Å². The van der Waals surface area contributed by atoms with Crippen LogP contribution in [0.25, 0.3) is 0 Å². The van der Waals surface area contributed by atoms with Crippen LogP contribution < -0.4 is 0 Å². The largest absolute Gasteiger partial charge is 0.233 e. The normalized spacial score (nSPS) is 14.4. The van der Waals surface area contributed by atoms with Gasteiger partial charge in [0.15, 0.2) is 0 Å². The van der Waals surface area contributed by atoms with E-state index in [-0.39, 0.29) is 0 Å². The molecule has 0 atom stereocenters. The minimum atomic E-state index is 0.746. The van der Waals surface area contributed by atoms with E-state index in [1.807, 2.05) is 0 Å². The van der Waals surface area contributed by atoms with Crippen molar-refractivity contribution in [3.05, 3.63) is 35.4 Å². The molecule has 3 rings (SSSR count). The van der Waals surface area contributed by atoms with Crippen LogP contribution in [0.5, 0.6) is 0 Å². The summed E-state index contributed by atoms with van der Waals surface area (Å²) in [6.07, 6.45) is 0. The Kier molecular flexibility index (Phi) is 2.21. The Bertz CT molecular complexity index is 543. The number of hydrogen-bond donors (Lipinski definition) is 0. The lowest BCUT2D eigenvalue weighted by molar-refractivity contribution is 0.640. The molecule has 0 bridgehead atoms. The number of rotatable bonds is 1. The van der Waals surface area contributed by atoms with Gasteiger partial charge < -0.3 is 0 Å². The molecule has 1 aliphatic rings. The summed E-state index contributed by atoms with van der Waals surface area (Å²) in [5.74, 6) is 0.809. The first kappa shape index (κ1) is 9.53. The number of benzene rings is 1. The second kappa shape index (κ2) is 3.71. The zero-order valence-electron chi connectivity index (χ0n) is 8.66. The molecular weight excluding hydrogens is 222 g/mol. The Morgan fingerprint density at radius 3 is 2.88 bits per heavy atom. The van der Waals surface area contributed by atoms with Gasteiger partial charge in [-0.2, -0.15) is 0 Å². The van der Waals surface area contributed by atoms with Gasteiger partial charge in [-0.1, -0.05) is 46.7 Å². The van der Waals surface area contributed by atoms with Gasteiger partial charge in [-0.05, 0) is 22.9 Å². The highest BCUT2D eigenvalue weighted by Crippen LogP contribution is 2.21. The Labute approximate surface area is 96.5 Å². The highest BCUT2D eigenvalue weighted by Gasteiger charge is 2.16. The van der Waals surface area contributed by atoms with Crippen molar-refractivity contribution in [3.8, 4) is 0 Å². The zero-order valence-corrected chi connectivity index (χ0v) is 9.48. The second-order valence-electron chi connectivity index (χ2n) is 3.55. The van der Waals surface area contributed by atoms with Gasteiger partial charge in [0.25, 0.3) is 0 Å². The summed E-state index contributed by atoms with van der Waals surface area (Å²) >= 11 is 1.60. The molecule has 5 nitrogen and oxygen atoms in total. The summed E-state index contributed by atoms with van der Waals surface area (Å²) in [4.78, 5) is 1.48. The van der Waals surface area contributed by atoms with E-state index in [1.165, 1.54) is 10.4 Å². The van der Waals surface area contributed by atoms with E-state index in [2.05, 4.69) is 51.8 Å². The monoisotopic (exact) mass is 231 g/mol. The average Bonchev–Trinajstić information content (AvgIpc) is 2.77. The molecule has 6 heteroatoms. The number of nitrogens with zero attached hydrogens (tertiary/aromatic N) is 5. The van der Waals surface area contributed by atoms with Crippen LogP contribution >= 0.6 is 11.8 Å². The first-order valence-corrected chi connectivity index (χ1v) is 5.87. The molecule has 1 aromatic carbocycles. The maximum atomic E-state index is 4.38. The van der Waals surface area contributed by atoms with Gasteiger partial charge in [-0.3, -0.25) is 0 Å². The molecule has 0 unspecified atom stereocenters. The van der Waals surface area contributed by atoms with Crippen molar-refractivity contribution in [2.45, 2.75) is 12.1 Å². The minimum absolute atomic E-state index is 0.746. The van der Waals surface area contributed by atoms with E-state index in [1.54, 1.807) is 11.8 Å². The smallest absolute Gasteiger partial charge is 0.150 e. The predicted molar refractivity (Wildman–Crippen MR) is 61.7 cm³/mol. The van der Waals surface area contributed by atoms with Crippen LogP contribution in [0.2, 0.25) is 0 Å². The molecule has 0 saturated heterocycles. The van der Waals surface area contributed by atoms with Crippen molar-refractivity contribution in [2.75, 3.05) is 5.75 Å². The lowest BCUT2D eigenvalue weighted by Gasteiger charge is -2.10. The van der Waals surface area contributed by atoms with Gasteiger partial charge in [0, 0.05) is 5.75 Å². The number of aryl methyl sites for hydroxylation is 1. The van der Waals surface area contributed by atoms with Gasteiger partial charge in [0.2, 0.25) is 5.16 Å². The van der Waals surface area contributed by atoms with Gasteiger partial charge >= 0.3 is 0 Å². The third-order valence-corrected chi connectivity index (χ3v) is 3.29. The number of tetrazole rings is 1. The first-order chi connectivity index (χ1) is 7.83. The van der Waals surface area contributed by atoms with Crippen molar-refractivity contribution in [3.63, 3.8) is 0 Å². The quantitative estimate of drug-likeness (QED) is 0.743. The highest BCUT2D eigenvalue weighted by atomic mass is 32.2. The number of aromatic nitrogens is 4. The van der Waals surface area contributed by atoms with Crippen molar-refractivity contribution in [1.82, 2.24) is 20.3 Å². The number of fused-ring (bicyclic) bond motifs is 1. The Morgan fingerprint density at radius 2 is 2.06 bits per heavy atom. The Morgan fingerprint density at radius 1 is 1.25 bits per heavy atom. The van der Waals surface area contributed by atoms with Gasteiger partial charge in [-0.25, -0.2) is 0 Å². The molecule has 0 aliphatic carbocycles. The molecule has 1 aliphatic heterocycles. The van der Waals surface area contributed by atoms with Gasteiger partial charge in [0.1, 0.15) is 0 Å². The summed E-state index contributed by atoms with van der Waals surface area (Å²) in [5, 5.41) is 16.4. The molecular formula is C10H9N5S. The van der Waals surface area contributed by atoms with E-state index in [0.717, 1.165) is 22.2 Å². The summed E-state index contributed by atoms with van der Waals surface area (Å²) in [6.45, 7) is 2.07. The molecule has 80 valence electrons. The van der Waals surface area contributed by atoms with Gasteiger partial charge in [-0.15, -0.1) is 9.89 Å². The molecule has 0 radical (unpaired) electrons. The summed E-state index contributed by atoms with van der Waals surface area (Å²) in [6, 6.07) is 8.31. The average molecular weight is 231 g/mol. The van der Waals surface area contributed by atoms with Crippen molar-refractivity contribution in [1.29, 1.82) is 0 Å². The standard InChI is InChI=1S/C10H9N5S/c1-7-2-4-8(5-3-7)9-6-16-10-11-13-14-15(10)12-9/h2-5H,6H2,1H3. The summed E-state index contributed by atoms with van der Waals surface area (Å²) in [7, 11) is 0. The first-order valence-electron chi connectivity index (χ1n) is 4.89. The molecule has 0 fully saturated rings. The fraction of sp³-hybridized carbons (Fsp3) is 0.200. The molecule has 0 amide bonds.